The standard InChI is InChI=1S/C17H24N6O5/c18-17(19)20-8-4-7-12(23-15(27)11-5-2-1-3-6-11)16(28)22-9-13(24)21-10-14(25)26/h1-3,5-6,12H,4,7-10H2,(H,21,24)(H,22,28)(H,23,27)(H,25,26)(H4,18,19,20)/t12-/m0/s1. The summed E-state index contributed by atoms with van der Waals surface area (Å²) in [5, 5.41) is 15.6. The summed E-state index contributed by atoms with van der Waals surface area (Å²) in [6.07, 6.45) is 0.647. The number of nitrogens with zero attached hydrogens (tertiary/aromatic N) is 1. The van der Waals surface area contributed by atoms with Crippen LogP contribution in [0.2, 0.25) is 0 Å². The zero-order valence-corrected chi connectivity index (χ0v) is 15.2. The summed E-state index contributed by atoms with van der Waals surface area (Å²) < 4.78 is 0. The number of nitrogens with one attached hydrogen (secondary N) is 3. The highest BCUT2D eigenvalue weighted by Crippen LogP contribution is 2.03. The lowest BCUT2D eigenvalue weighted by atomic mass is 10.1. The van der Waals surface area contributed by atoms with E-state index >= 15 is 0 Å². The van der Waals surface area contributed by atoms with Gasteiger partial charge in [-0.05, 0) is 25.0 Å². The number of aliphatic imine (C=N–C) groups is 1. The van der Waals surface area contributed by atoms with E-state index in [1.54, 1.807) is 30.3 Å². The average molecular weight is 392 g/mol. The Balaban J connectivity index is 2.66. The molecule has 1 rings (SSSR count). The molecule has 0 heterocycles. The topological polar surface area (TPSA) is 189 Å². The van der Waals surface area contributed by atoms with Crippen molar-refractivity contribution in [3.8, 4) is 0 Å². The quantitative estimate of drug-likeness (QED) is 0.145. The van der Waals surface area contributed by atoms with Gasteiger partial charge in [-0.2, -0.15) is 0 Å². The van der Waals surface area contributed by atoms with Crippen molar-refractivity contribution in [1.29, 1.82) is 0 Å². The van der Waals surface area contributed by atoms with Crippen LogP contribution in [0.25, 0.3) is 0 Å². The van der Waals surface area contributed by atoms with Gasteiger partial charge in [-0.1, -0.05) is 18.2 Å². The SMILES string of the molecule is NC(N)=NCCC[C@H](NC(=O)c1ccccc1)C(=O)NCC(=O)NCC(=O)O. The van der Waals surface area contributed by atoms with E-state index in [0.717, 1.165) is 0 Å². The number of carboxylic acids is 1. The number of benzene rings is 1. The first kappa shape index (κ1) is 22.4. The van der Waals surface area contributed by atoms with Gasteiger partial charge in [0.05, 0.1) is 6.54 Å². The number of hydrogen-bond donors (Lipinski definition) is 6. The van der Waals surface area contributed by atoms with Crippen LogP contribution in [0.15, 0.2) is 35.3 Å². The van der Waals surface area contributed by atoms with Crippen LogP contribution in [0.1, 0.15) is 23.2 Å². The normalized spacial score (nSPS) is 11.0. The van der Waals surface area contributed by atoms with Crippen molar-refractivity contribution in [2.45, 2.75) is 18.9 Å². The highest BCUT2D eigenvalue weighted by molar-refractivity contribution is 5.98. The number of carbonyl (C=O) groups excluding carboxylic acids is 3. The molecule has 8 N–H and O–H groups in total. The van der Waals surface area contributed by atoms with Crippen LogP contribution in [0.5, 0.6) is 0 Å². The Morgan fingerprint density at radius 1 is 1.04 bits per heavy atom. The van der Waals surface area contributed by atoms with Crippen LogP contribution < -0.4 is 27.4 Å². The minimum atomic E-state index is -1.20. The number of carbonyl (C=O) groups is 4. The van der Waals surface area contributed by atoms with Gasteiger partial charge < -0.3 is 32.5 Å². The maximum Gasteiger partial charge on any atom is 0.322 e. The largest absolute Gasteiger partial charge is 0.480 e. The fraction of sp³-hybridized carbons (Fsp3) is 0.353. The zero-order chi connectivity index (χ0) is 20.9. The molecule has 1 atom stereocenters. The van der Waals surface area contributed by atoms with Gasteiger partial charge in [0.25, 0.3) is 5.91 Å². The van der Waals surface area contributed by atoms with Gasteiger partial charge in [-0.25, -0.2) is 0 Å². The molecule has 0 aromatic heterocycles. The van der Waals surface area contributed by atoms with Gasteiger partial charge in [0.15, 0.2) is 5.96 Å². The van der Waals surface area contributed by atoms with E-state index in [9.17, 15) is 19.2 Å². The molecule has 11 heteroatoms. The van der Waals surface area contributed by atoms with E-state index in [1.807, 2.05) is 0 Å². The van der Waals surface area contributed by atoms with Crippen LogP contribution in [-0.2, 0) is 14.4 Å². The minimum Gasteiger partial charge on any atom is -0.480 e. The smallest absolute Gasteiger partial charge is 0.322 e. The summed E-state index contributed by atoms with van der Waals surface area (Å²) >= 11 is 0. The van der Waals surface area contributed by atoms with Crippen molar-refractivity contribution >= 4 is 29.7 Å². The summed E-state index contributed by atoms with van der Waals surface area (Å²) in [6, 6.07) is 7.41. The Hall–Kier alpha value is -3.63. The average Bonchev–Trinajstić information content (AvgIpc) is 2.67. The van der Waals surface area contributed by atoms with Gasteiger partial charge in [0, 0.05) is 12.1 Å². The van der Waals surface area contributed by atoms with E-state index in [2.05, 4.69) is 20.9 Å². The first-order chi connectivity index (χ1) is 13.3. The molecule has 0 radical (unpaired) electrons. The van der Waals surface area contributed by atoms with Gasteiger partial charge >= 0.3 is 5.97 Å². The van der Waals surface area contributed by atoms with Crippen molar-refractivity contribution < 1.29 is 24.3 Å². The zero-order valence-electron chi connectivity index (χ0n) is 15.2. The number of amides is 3. The summed E-state index contributed by atoms with van der Waals surface area (Å²) in [5.74, 6) is -2.97. The van der Waals surface area contributed by atoms with Gasteiger partial charge in [-0.3, -0.25) is 24.2 Å². The van der Waals surface area contributed by atoms with E-state index in [0.29, 0.717) is 12.0 Å². The molecule has 0 bridgehead atoms. The fourth-order valence-corrected chi connectivity index (χ4v) is 2.13. The maximum atomic E-state index is 12.4. The second-order valence-electron chi connectivity index (χ2n) is 5.73. The molecule has 152 valence electrons. The predicted octanol–water partition coefficient (Wildman–Crippen LogP) is -1.84. The molecular weight excluding hydrogens is 368 g/mol. The molecule has 0 saturated heterocycles. The Bertz CT molecular complexity index is 718. The van der Waals surface area contributed by atoms with E-state index in [1.165, 1.54) is 0 Å². The third-order valence-corrected chi connectivity index (χ3v) is 3.46. The van der Waals surface area contributed by atoms with Crippen molar-refractivity contribution in [1.82, 2.24) is 16.0 Å². The summed E-state index contributed by atoms with van der Waals surface area (Å²) in [6.45, 7) is -0.703. The number of rotatable bonds is 11. The molecule has 1 aromatic rings. The molecule has 0 aliphatic heterocycles. The summed E-state index contributed by atoms with van der Waals surface area (Å²) in [4.78, 5) is 50.5. The molecule has 1 aromatic carbocycles. The lowest BCUT2D eigenvalue weighted by Gasteiger charge is -2.18. The first-order valence-corrected chi connectivity index (χ1v) is 8.47. The molecule has 0 saturated carbocycles. The van der Waals surface area contributed by atoms with Crippen molar-refractivity contribution in [3.05, 3.63) is 35.9 Å². The second kappa shape index (κ2) is 11.9. The number of guanidine groups is 1. The molecule has 11 nitrogen and oxygen atoms in total. The molecule has 0 spiro atoms. The monoisotopic (exact) mass is 392 g/mol. The lowest BCUT2D eigenvalue weighted by molar-refractivity contribution is -0.137. The second-order valence-corrected chi connectivity index (χ2v) is 5.73. The highest BCUT2D eigenvalue weighted by atomic mass is 16.4. The van der Waals surface area contributed by atoms with Gasteiger partial charge in [-0.15, -0.1) is 0 Å². The van der Waals surface area contributed by atoms with Crippen LogP contribution in [-0.4, -0.2) is 60.4 Å². The van der Waals surface area contributed by atoms with Crippen LogP contribution in [0.4, 0.5) is 0 Å². The molecule has 0 aliphatic carbocycles. The molecule has 0 aliphatic rings. The molecular formula is C17H24N6O5. The van der Waals surface area contributed by atoms with Crippen molar-refractivity contribution in [2.75, 3.05) is 19.6 Å². The molecule has 0 unspecified atom stereocenters. The number of aliphatic carboxylic acids is 1. The molecule has 0 fully saturated rings. The Morgan fingerprint density at radius 3 is 2.32 bits per heavy atom. The maximum absolute atomic E-state index is 12.4. The predicted molar refractivity (Wildman–Crippen MR) is 101 cm³/mol. The van der Waals surface area contributed by atoms with Crippen LogP contribution in [0.3, 0.4) is 0 Å². The van der Waals surface area contributed by atoms with Crippen molar-refractivity contribution in [2.24, 2.45) is 16.5 Å². The number of carboxylic acid groups (broad SMARTS) is 1. The summed E-state index contributed by atoms with van der Waals surface area (Å²) in [7, 11) is 0. The lowest BCUT2D eigenvalue weighted by Crippen LogP contribution is -2.49. The van der Waals surface area contributed by atoms with Crippen LogP contribution >= 0.6 is 0 Å². The van der Waals surface area contributed by atoms with Gasteiger partial charge in [0.2, 0.25) is 11.8 Å². The Kier molecular flexibility index (Phi) is 9.51. The third-order valence-electron chi connectivity index (χ3n) is 3.46. The highest BCUT2D eigenvalue weighted by Gasteiger charge is 2.21. The Morgan fingerprint density at radius 2 is 1.71 bits per heavy atom. The van der Waals surface area contributed by atoms with E-state index in [-0.39, 0.29) is 18.9 Å². The summed E-state index contributed by atoms with van der Waals surface area (Å²) in [5.41, 5.74) is 10.9. The molecule has 28 heavy (non-hydrogen) atoms. The Labute approximate surface area is 161 Å². The minimum absolute atomic E-state index is 0.0792. The van der Waals surface area contributed by atoms with E-state index in [4.69, 9.17) is 16.6 Å². The van der Waals surface area contributed by atoms with E-state index < -0.39 is 42.8 Å². The first-order valence-electron chi connectivity index (χ1n) is 8.47. The van der Waals surface area contributed by atoms with Gasteiger partial charge in [0.1, 0.15) is 12.6 Å². The van der Waals surface area contributed by atoms with Crippen LogP contribution in [0, 0.1) is 0 Å². The third kappa shape index (κ3) is 9.17. The fourth-order valence-electron chi connectivity index (χ4n) is 2.13. The molecule has 3 amide bonds. The van der Waals surface area contributed by atoms with Crippen molar-refractivity contribution in [3.63, 3.8) is 0 Å². The number of hydrogen-bond acceptors (Lipinski definition) is 5. The number of nitrogens with two attached hydrogens (primary N) is 2.